The predicted octanol–water partition coefficient (Wildman–Crippen LogP) is 2.80. The monoisotopic (exact) mass is 292 g/mol. The van der Waals surface area contributed by atoms with E-state index in [1.54, 1.807) is 30.5 Å². The molecule has 4 nitrogen and oxygen atoms in total. The van der Waals surface area contributed by atoms with Crippen molar-refractivity contribution in [3.63, 3.8) is 0 Å². The maximum absolute atomic E-state index is 11.8. The average molecular weight is 293 g/mol. The summed E-state index contributed by atoms with van der Waals surface area (Å²) in [5.74, 6) is -0.0616. The molecule has 0 aliphatic heterocycles. The molecule has 0 radical (unpaired) electrons. The predicted molar refractivity (Wildman–Crippen MR) is 68.0 cm³/mol. The van der Waals surface area contributed by atoms with Crippen LogP contribution in [-0.4, -0.2) is 16.0 Å². The van der Waals surface area contributed by atoms with Crippen LogP contribution in [0.1, 0.15) is 10.4 Å². The Hall–Kier alpha value is -1.88. The number of halogens is 1. The summed E-state index contributed by atoms with van der Waals surface area (Å²) in [5.41, 5.74) is 1.14. The van der Waals surface area contributed by atoms with Gasteiger partial charge in [-0.1, -0.05) is 0 Å². The van der Waals surface area contributed by atoms with Crippen LogP contribution in [0.4, 0.5) is 5.69 Å². The minimum Gasteiger partial charge on any atom is -0.508 e. The molecule has 0 fully saturated rings. The molecule has 2 rings (SSSR count). The zero-order valence-corrected chi connectivity index (χ0v) is 10.3. The van der Waals surface area contributed by atoms with E-state index >= 15 is 0 Å². The highest BCUT2D eigenvalue weighted by Gasteiger charge is 2.06. The van der Waals surface area contributed by atoms with E-state index in [1.807, 2.05) is 0 Å². The highest BCUT2D eigenvalue weighted by molar-refractivity contribution is 9.10. The van der Waals surface area contributed by atoms with E-state index in [0.717, 1.165) is 0 Å². The SMILES string of the molecule is O=C(Nc1ccc(O)cc1)c1ccnc(Br)c1. The number of phenols is 1. The van der Waals surface area contributed by atoms with E-state index in [-0.39, 0.29) is 11.7 Å². The van der Waals surface area contributed by atoms with Crippen LogP contribution in [0, 0.1) is 0 Å². The molecule has 0 aliphatic rings. The third kappa shape index (κ3) is 3.04. The molecule has 86 valence electrons. The van der Waals surface area contributed by atoms with Crippen LogP contribution in [0.5, 0.6) is 5.75 Å². The number of carbonyl (C=O) groups is 1. The van der Waals surface area contributed by atoms with Crippen molar-refractivity contribution in [2.75, 3.05) is 5.32 Å². The summed E-state index contributed by atoms with van der Waals surface area (Å²) in [6.45, 7) is 0. The first-order valence-corrected chi connectivity index (χ1v) is 5.66. The standard InChI is InChI=1S/C12H9BrN2O2/c13-11-7-8(5-6-14-11)12(17)15-9-1-3-10(16)4-2-9/h1-7,16H,(H,15,17). The number of pyridine rings is 1. The van der Waals surface area contributed by atoms with Crippen LogP contribution >= 0.6 is 15.9 Å². The molecule has 0 aliphatic carbocycles. The molecule has 2 N–H and O–H groups in total. The minimum atomic E-state index is -0.223. The maximum Gasteiger partial charge on any atom is 0.255 e. The zero-order valence-electron chi connectivity index (χ0n) is 8.72. The number of nitrogens with zero attached hydrogens (tertiary/aromatic N) is 1. The molecule has 1 aromatic carbocycles. The van der Waals surface area contributed by atoms with Crippen molar-refractivity contribution in [3.8, 4) is 5.75 Å². The second-order valence-electron chi connectivity index (χ2n) is 3.37. The third-order valence-electron chi connectivity index (χ3n) is 2.11. The van der Waals surface area contributed by atoms with Crippen molar-refractivity contribution >= 4 is 27.5 Å². The maximum atomic E-state index is 11.8. The fourth-order valence-electron chi connectivity index (χ4n) is 1.29. The van der Waals surface area contributed by atoms with Crippen LogP contribution in [-0.2, 0) is 0 Å². The molecule has 2 aromatic rings. The number of aromatic hydroxyl groups is 1. The van der Waals surface area contributed by atoms with E-state index < -0.39 is 0 Å². The summed E-state index contributed by atoms with van der Waals surface area (Å²) >= 11 is 3.20. The van der Waals surface area contributed by atoms with Crippen molar-refractivity contribution in [2.24, 2.45) is 0 Å². The molecule has 0 spiro atoms. The van der Waals surface area contributed by atoms with Crippen molar-refractivity contribution in [2.45, 2.75) is 0 Å². The molecule has 0 saturated carbocycles. The Balaban J connectivity index is 2.14. The molecule has 5 heteroatoms. The number of aromatic nitrogens is 1. The number of phenolic OH excluding ortho intramolecular Hbond substituents is 1. The molecule has 0 saturated heterocycles. The second-order valence-corrected chi connectivity index (χ2v) is 4.18. The highest BCUT2D eigenvalue weighted by Crippen LogP contribution is 2.15. The first kappa shape index (κ1) is 11.6. The number of rotatable bonds is 2. The van der Waals surface area contributed by atoms with Gasteiger partial charge in [0, 0.05) is 17.4 Å². The van der Waals surface area contributed by atoms with Gasteiger partial charge in [0.1, 0.15) is 10.4 Å². The summed E-state index contributed by atoms with van der Waals surface area (Å²) in [5, 5.41) is 11.8. The van der Waals surface area contributed by atoms with Crippen LogP contribution in [0.15, 0.2) is 47.2 Å². The van der Waals surface area contributed by atoms with Gasteiger partial charge < -0.3 is 10.4 Å². The number of benzene rings is 1. The first-order chi connectivity index (χ1) is 8.15. The summed E-state index contributed by atoms with van der Waals surface area (Å²) in [4.78, 5) is 15.8. The molecule has 1 amide bonds. The van der Waals surface area contributed by atoms with Crippen LogP contribution in [0.3, 0.4) is 0 Å². The van der Waals surface area contributed by atoms with E-state index in [0.29, 0.717) is 15.9 Å². The molecule has 0 bridgehead atoms. The molecular formula is C12H9BrN2O2. The third-order valence-corrected chi connectivity index (χ3v) is 2.55. The quantitative estimate of drug-likeness (QED) is 0.661. The van der Waals surface area contributed by atoms with Crippen LogP contribution in [0.25, 0.3) is 0 Å². The Morgan fingerprint density at radius 2 is 1.94 bits per heavy atom. The minimum absolute atomic E-state index is 0.162. The van der Waals surface area contributed by atoms with Crippen molar-refractivity contribution in [3.05, 3.63) is 52.8 Å². The Morgan fingerprint density at radius 1 is 1.24 bits per heavy atom. The fourth-order valence-corrected chi connectivity index (χ4v) is 1.66. The Bertz CT molecular complexity index is 540. The topological polar surface area (TPSA) is 62.2 Å². The highest BCUT2D eigenvalue weighted by atomic mass is 79.9. The van der Waals surface area contributed by atoms with Gasteiger partial charge in [0.2, 0.25) is 0 Å². The fraction of sp³-hybridized carbons (Fsp3) is 0. The summed E-state index contributed by atoms with van der Waals surface area (Å²) in [6.07, 6.45) is 1.55. The molecule has 0 atom stereocenters. The van der Waals surface area contributed by atoms with Gasteiger partial charge in [-0.2, -0.15) is 0 Å². The van der Waals surface area contributed by atoms with Gasteiger partial charge in [-0.15, -0.1) is 0 Å². The van der Waals surface area contributed by atoms with Crippen LogP contribution in [0.2, 0.25) is 0 Å². The molecule has 0 unspecified atom stereocenters. The van der Waals surface area contributed by atoms with Gasteiger partial charge >= 0.3 is 0 Å². The summed E-state index contributed by atoms with van der Waals surface area (Å²) in [6, 6.07) is 9.54. The van der Waals surface area contributed by atoms with Crippen molar-refractivity contribution in [1.82, 2.24) is 4.98 Å². The van der Waals surface area contributed by atoms with Gasteiger partial charge in [-0.25, -0.2) is 4.98 Å². The summed E-state index contributed by atoms with van der Waals surface area (Å²) in [7, 11) is 0. The largest absolute Gasteiger partial charge is 0.508 e. The van der Waals surface area contributed by atoms with E-state index in [1.165, 1.54) is 12.1 Å². The lowest BCUT2D eigenvalue weighted by atomic mass is 10.2. The molecule has 1 heterocycles. The second kappa shape index (κ2) is 4.97. The van der Waals surface area contributed by atoms with E-state index in [4.69, 9.17) is 5.11 Å². The lowest BCUT2D eigenvalue weighted by Gasteiger charge is -2.05. The number of hydrogen-bond donors (Lipinski definition) is 2. The van der Waals surface area contributed by atoms with Crippen molar-refractivity contribution in [1.29, 1.82) is 0 Å². The number of nitrogens with one attached hydrogen (secondary N) is 1. The van der Waals surface area contributed by atoms with E-state index in [9.17, 15) is 4.79 Å². The number of hydrogen-bond acceptors (Lipinski definition) is 3. The van der Waals surface area contributed by atoms with Gasteiger partial charge in [0.05, 0.1) is 0 Å². The normalized spacial score (nSPS) is 9.94. The van der Waals surface area contributed by atoms with Gasteiger partial charge in [-0.3, -0.25) is 4.79 Å². The lowest BCUT2D eigenvalue weighted by Crippen LogP contribution is -2.11. The molecule has 17 heavy (non-hydrogen) atoms. The Kier molecular flexibility index (Phi) is 3.39. The molecular weight excluding hydrogens is 284 g/mol. The summed E-state index contributed by atoms with van der Waals surface area (Å²) < 4.78 is 0.607. The Morgan fingerprint density at radius 3 is 2.59 bits per heavy atom. The van der Waals surface area contributed by atoms with Crippen LogP contribution < -0.4 is 5.32 Å². The average Bonchev–Trinajstić information content (AvgIpc) is 2.32. The number of anilines is 1. The molecule has 1 aromatic heterocycles. The lowest BCUT2D eigenvalue weighted by molar-refractivity contribution is 0.102. The van der Waals surface area contributed by atoms with Gasteiger partial charge in [0.15, 0.2) is 0 Å². The van der Waals surface area contributed by atoms with Gasteiger partial charge in [0.25, 0.3) is 5.91 Å². The number of amides is 1. The van der Waals surface area contributed by atoms with Crippen molar-refractivity contribution < 1.29 is 9.90 Å². The first-order valence-electron chi connectivity index (χ1n) is 4.87. The zero-order chi connectivity index (χ0) is 12.3. The smallest absolute Gasteiger partial charge is 0.255 e. The van der Waals surface area contributed by atoms with E-state index in [2.05, 4.69) is 26.2 Å². The number of carbonyl (C=O) groups excluding carboxylic acids is 1. The van der Waals surface area contributed by atoms with Gasteiger partial charge in [-0.05, 0) is 52.3 Å². The Labute approximate surface area is 106 Å².